The molecule has 0 bridgehead atoms. The summed E-state index contributed by atoms with van der Waals surface area (Å²) in [7, 11) is 0. The lowest BCUT2D eigenvalue weighted by molar-refractivity contribution is 0.545. The summed E-state index contributed by atoms with van der Waals surface area (Å²) in [6, 6.07) is 8.62. The number of benzene rings is 1. The van der Waals surface area contributed by atoms with Gasteiger partial charge >= 0.3 is 0 Å². The van der Waals surface area contributed by atoms with Crippen LogP contribution in [-0.2, 0) is 24.8 Å². The second kappa shape index (κ2) is 9.11. The summed E-state index contributed by atoms with van der Waals surface area (Å²) in [5.74, 6) is 2.64. The Morgan fingerprint density at radius 1 is 1.13 bits per heavy atom. The van der Waals surface area contributed by atoms with Crippen molar-refractivity contribution in [3.8, 4) is 0 Å². The number of allylic oxidation sites excluding steroid dienone is 1. The first-order chi connectivity index (χ1) is 14.7. The number of aromatic nitrogens is 7. The second-order valence-corrected chi connectivity index (χ2v) is 7.70. The molecule has 0 saturated carbocycles. The highest BCUT2D eigenvalue weighted by molar-refractivity contribution is 5.66. The molecule has 1 aliphatic heterocycles. The van der Waals surface area contributed by atoms with Crippen LogP contribution in [0, 0.1) is 0 Å². The van der Waals surface area contributed by atoms with Gasteiger partial charge in [-0.05, 0) is 30.0 Å². The third-order valence-corrected chi connectivity index (χ3v) is 5.53. The Morgan fingerprint density at radius 3 is 2.67 bits per heavy atom. The molecule has 8 nitrogen and oxygen atoms in total. The zero-order chi connectivity index (χ0) is 20.8. The molecule has 1 aliphatic rings. The molecule has 4 rings (SSSR count). The number of unbranched alkanes of at least 4 members (excludes halogenated alkanes) is 1. The van der Waals surface area contributed by atoms with Gasteiger partial charge in [-0.25, -0.2) is 9.67 Å². The van der Waals surface area contributed by atoms with E-state index < -0.39 is 5.41 Å². The van der Waals surface area contributed by atoms with Crippen molar-refractivity contribution in [2.45, 2.75) is 64.3 Å². The topological polar surface area (TPSA) is 97.5 Å². The van der Waals surface area contributed by atoms with Gasteiger partial charge in [-0.15, -0.1) is 10.2 Å². The van der Waals surface area contributed by atoms with E-state index in [0.717, 1.165) is 55.9 Å². The molecule has 8 heteroatoms. The Bertz CT molecular complexity index is 1000. The zero-order valence-corrected chi connectivity index (χ0v) is 17.6. The molecule has 156 valence electrons. The van der Waals surface area contributed by atoms with Gasteiger partial charge < -0.3 is 0 Å². The predicted molar refractivity (Wildman–Crippen MR) is 115 cm³/mol. The molecule has 0 aliphatic carbocycles. The molecule has 0 radical (unpaired) electrons. The van der Waals surface area contributed by atoms with Gasteiger partial charge in [0.15, 0.2) is 11.6 Å². The van der Waals surface area contributed by atoms with Crippen LogP contribution in [0.2, 0.25) is 0 Å². The highest BCUT2D eigenvalue weighted by Gasteiger charge is 2.36. The van der Waals surface area contributed by atoms with Gasteiger partial charge in [-0.3, -0.25) is 4.99 Å². The molecule has 0 amide bonds. The van der Waals surface area contributed by atoms with Crippen molar-refractivity contribution in [2.75, 3.05) is 0 Å². The second-order valence-electron chi connectivity index (χ2n) is 7.70. The van der Waals surface area contributed by atoms with Crippen molar-refractivity contribution in [1.82, 2.24) is 35.4 Å². The molecule has 0 saturated heterocycles. The average Bonchev–Trinajstić information content (AvgIpc) is 3.44. The summed E-state index contributed by atoms with van der Waals surface area (Å²) in [4.78, 5) is 9.03. The number of hydrogen-bond donors (Lipinski definition) is 1. The fraction of sp³-hybridized carbons (Fsp3) is 0.455. The lowest BCUT2D eigenvalue weighted by Gasteiger charge is -2.28. The summed E-state index contributed by atoms with van der Waals surface area (Å²) >= 11 is 0. The lowest BCUT2D eigenvalue weighted by atomic mass is 9.76. The minimum atomic E-state index is -0.442. The molecule has 2 aromatic heterocycles. The van der Waals surface area contributed by atoms with E-state index in [2.05, 4.69) is 68.4 Å². The first kappa shape index (κ1) is 20.1. The predicted octanol–water partition coefficient (Wildman–Crippen LogP) is 3.41. The number of aryl methyl sites for hydroxylation is 2. The van der Waals surface area contributed by atoms with Gasteiger partial charge in [0.05, 0.1) is 5.41 Å². The molecule has 1 unspecified atom stereocenters. The summed E-state index contributed by atoms with van der Waals surface area (Å²) in [6.45, 7) is 5.28. The van der Waals surface area contributed by atoms with Crippen LogP contribution in [0.1, 0.15) is 68.1 Å². The van der Waals surface area contributed by atoms with Gasteiger partial charge in [0.25, 0.3) is 0 Å². The van der Waals surface area contributed by atoms with Gasteiger partial charge in [0, 0.05) is 38.2 Å². The molecule has 30 heavy (non-hydrogen) atoms. The van der Waals surface area contributed by atoms with E-state index in [0.29, 0.717) is 12.2 Å². The lowest BCUT2D eigenvalue weighted by Crippen LogP contribution is -2.29. The highest BCUT2D eigenvalue weighted by Crippen LogP contribution is 2.36. The van der Waals surface area contributed by atoms with E-state index in [-0.39, 0.29) is 0 Å². The number of tetrazole rings is 1. The Labute approximate surface area is 176 Å². The zero-order valence-electron chi connectivity index (χ0n) is 17.6. The molecule has 3 aromatic rings. The molecular formula is C22H28N8. The Balaban J connectivity index is 1.58. The fourth-order valence-corrected chi connectivity index (χ4v) is 3.83. The van der Waals surface area contributed by atoms with E-state index in [4.69, 9.17) is 10.1 Å². The molecule has 1 aromatic carbocycles. The molecule has 1 atom stereocenters. The van der Waals surface area contributed by atoms with Gasteiger partial charge in [-0.2, -0.15) is 10.3 Å². The van der Waals surface area contributed by atoms with Crippen molar-refractivity contribution in [3.05, 3.63) is 65.1 Å². The van der Waals surface area contributed by atoms with Crippen molar-refractivity contribution in [1.29, 1.82) is 0 Å². The molecule has 1 N–H and O–H groups in total. The van der Waals surface area contributed by atoms with E-state index in [1.807, 2.05) is 12.3 Å². The van der Waals surface area contributed by atoms with Crippen LogP contribution in [0.15, 0.2) is 41.5 Å². The quantitative estimate of drug-likeness (QED) is 0.589. The van der Waals surface area contributed by atoms with E-state index in [9.17, 15) is 0 Å². The highest BCUT2D eigenvalue weighted by atomic mass is 15.5. The summed E-state index contributed by atoms with van der Waals surface area (Å²) < 4.78 is 2.09. The van der Waals surface area contributed by atoms with Crippen LogP contribution in [0.3, 0.4) is 0 Å². The van der Waals surface area contributed by atoms with Crippen LogP contribution in [-0.4, -0.2) is 41.6 Å². The molecule has 0 spiro atoms. The number of nitrogens with zero attached hydrogens (tertiary/aromatic N) is 7. The fourth-order valence-electron chi connectivity index (χ4n) is 3.83. The van der Waals surface area contributed by atoms with Crippen LogP contribution < -0.4 is 0 Å². The van der Waals surface area contributed by atoms with Gasteiger partial charge in [-0.1, -0.05) is 49.7 Å². The Morgan fingerprint density at radius 2 is 2.00 bits per heavy atom. The standard InChI is InChI=1S/C22H28N8/c1-3-5-15-30-20(24-19(27-30)6-4-2)16-17-7-9-18(10-8-17)22(11-13-23-14-12-22)21-25-28-29-26-21/h7-11,13-14H,3-6,12,15-16H2,1-2H3,(H,25,26,28,29). The van der Waals surface area contributed by atoms with Crippen molar-refractivity contribution >= 4 is 6.21 Å². The van der Waals surface area contributed by atoms with E-state index in [1.54, 1.807) is 6.20 Å². The van der Waals surface area contributed by atoms with Gasteiger partial charge in [0.2, 0.25) is 0 Å². The molecule has 3 heterocycles. The number of H-pyrrole nitrogens is 1. The molecular weight excluding hydrogens is 376 g/mol. The van der Waals surface area contributed by atoms with Crippen LogP contribution in [0.5, 0.6) is 0 Å². The van der Waals surface area contributed by atoms with E-state index in [1.165, 1.54) is 5.56 Å². The summed E-state index contributed by atoms with van der Waals surface area (Å²) in [6.07, 6.45) is 11.5. The maximum absolute atomic E-state index is 4.81. The number of nitrogens with one attached hydrogen (secondary N) is 1. The number of hydrogen-bond acceptors (Lipinski definition) is 6. The first-order valence-electron chi connectivity index (χ1n) is 10.7. The Kier molecular flexibility index (Phi) is 6.11. The van der Waals surface area contributed by atoms with Crippen molar-refractivity contribution < 1.29 is 0 Å². The normalized spacial score (nSPS) is 18.2. The number of aromatic amines is 1. The Hall–Kier alpha value is -3.16. The smallest absolute Gasteiger partial charge is 0.189 e. The van der Waals surface area contributed by atoms with E-state index >= 15 is 0 Å². The first-order valence-corrected chi connectivity index (χ1v) is 10.7. The minimum absolute atomic E-state index is 0.442. The monoisotopic (exact) mass is 404 g/mol. The average molecular weight is 405 g/mol. The third-order valence-electron chi connectivity index (χ3n) is 5.53. The maximum atomic E-state index is 4.81. The number of aliphatic imine (C=N–C) groups is 1. The SMILES string of the molecule is CCCCn1nc(CCC)nc1Cc1ccc(C2(c3nn[nH]n3)C=CN=CC2)cc1. The molecule has 0 fully saturated rings. The minimum Gasteiger partial charge on any atom is -0.269 e. The summed E-state index contributed by atoms with van der Waals surface area (Å²) in [5, 5.41) is 19.6. The largest absolute Gasteiger partial charge is 0.269 e. The maximum Gasteiger partial charge on any atom is 0.189 e. The number of rotatable bonds is 9. The van der Waals surface area contributed by atoms with Crippen molar-refractivity contribution in [3.63, 3.8) is 0 Å². The van der Waals surface area contributed by atoms with Crippen molar-refractivity contribution in [2.24, 2.45) is 4.99 Å². The van der Waals surface area contributed by atoms with Crippen LogP contribution >= 0.6 is 0 Å². The third kappa shape index (κ3) is 4.08. The summed E-state index contributed by atoms with van der Waals surface area (Å²) in [5.41, 5.74) is 1.89. The van der Waals surface area contributed by atoms with Crippen LogP contribution in [0.4, 0.5) is 0 Å². The van der Waals surface area contributed by atoms with Gasteiger partial charge in [0.1, 0.15) is 5.82 Å². The van der Waals surface area contributed by atoms with Crippen LogP contribution in [0.25, 0.3) is 0 Å².